The Morgan fingerprint density at radius 3 is 2.57 bits per heavy atom. The number of anilines is 2. The molecule has 1 saturated heterocycles. The van der Waals surface area contributed by atoms with Gasteiger partial charge in [0.2, 0.25) is 5.91 Å². The monoisotopic (exact) mass is 291 g/mol. The first-order chi connectivity index (χ1) is 9.78. The first-order valence-electron chi connectivity index (χ1n) is 7.39. The average molecular weight is 291 g/mol. The molecule has 0 aromatic carbocycles. The highest BCUT2D eigenvalue weighted by Crippen LogP contribution is 2.35. The van der Waals surface area contributed by atoms with Gasteiger partial charge in [-0.15, -0.1) is 0 Å². The van der Waals surface area contributed by atoms with Crippen molar-refractivity contribution in [1.29, 1.82) is 0 Å². The first kappa shape index (κ1) is 15.5. The van der Waals surface area contributed by atoms with Crippen LogP contribution in [0.5, 0.6) is 0 Å². The fourth-order valence-electron chi connectivity index (χ4n) is 2.67. The predicted octanol–water partition coefficient (Wildman–Crippen LogP) is 1.65. The zero-order chi connectivity index (χ0) is 15.8. The molecule has 3 N–H and O–H groups in total. The minimum Gasteiger partial charge on any atom is -0.373 e. The molecule has 1 fully saturated rings. The van der Waals surface area contributed by atoms with Crippen molar-refractivity contribution in [3.63, 3.8) is 0 Å². The van der Waals surface area contributed by atoms with Crippen LogP contribution < -0.4 is 16.0 Å². The minimum absolute atomic E-state index is 0.241. The topological polar surface area (TPSA) is 84.1 Å². The Labute approximate surface area is 126 Å². The Hall–Kier alpha value is -1.85. The molecule has 1 aliphatic rings. The van der Waals surface area contributed by atoms with Crippen LogP contribution in [-0.4, -0.2) is 36.0 Å². The SMILES string of the molecule is CNc1nc(C(C)C)nc(N2CCC(C)(C(N)=O)C2)c1C. The molecule has 2 rings (SSSR count). The number of hydrogen-bond donors (Lipinski definition) is 2. The molecule has 0 spiro atoms. The molecule has 21 heavy (non-hydrogen) atoms. The van der Waals surface area contributed by atoms with E-state index in [-0.39, 0.29) is 11.8 Å². The van der Waals surface area contributed by atoms with Crippen molar-refractivity contribution in [2.24, 2.45) is 11.1 Å². The number of amides is 1. The summed E-state index contributed by atoms with van der Waals surface area (Å²) < 4.78 is 0. The normalized spacial score (nSPS) is 21.9. The van der Waals surface area contributed by atoms with Gasteiger partial charge in [0.15, 0.2) is 0 Å². The van der Waals surface area contributed by atoms with Crippen LogP contribution in [0.3, 0.4) is 0 Å². The van der Waals surface area contributed by atoms with E-state index in [9.17, 15) is 4.79 Å². The van der Waals surface area contributed by atoms with Crippen LogP contribution in [0.2, 0.25) is 0 Å². The minimum atomic E-state index is -0.477. The van der Waals surface area contributed by atoms with Crippen molar-refractivity contribution in [2.45, 2.75) is 40.0 Å². The summed E-state index contributed by atoms with van der Waals surface area (Å²) in [6.45, 7) is 9.48. The van der Waals surface area contributed by atoms with Crippen molar-refractivity contribution in [1.82, 2.24) is 9.97 Å². The molecule has 1 atom stereocenters. The third-order valence-electron chi connectivity index (χ3n) is 4.26. The lowest BCUT2D eigenvalue weighted by Crippen LogP contribution is -2.37. The van der Waals surface area contributed by atoms with Crippen molar-refractivity contribution in [2.75, 3.05) is 30.4 Å². The van der Waals surface area contributed by atoms with E-state index in [4.69, 9.17) is 10.7 Å². The Kier molecular flexibility index (Phi) is 4.07. The van der Waals surface area contributed by atoms with Crippen molar-refractivity contribution >= 4 is 17.5 Å². The van der Waals surface area contributed by atoms with Gasteiger partial charge in [-0.1, -0.05) is 13.8 Å². The number of primary amides is 1. The van der Waals surface area contributed by atoms with E-state index in [0.29, 0.717) is 6.54 Å². The quantitative estimate of drug-likeness (QED) is 0.881. The van der Waals surface area contributed by atoms with E-state index >= 15 is 0 Å². The number of carbonyl (C=O) groups excluding carboxylic acids is 1. The van der Waals surface area contributed by atoms with Gasteiger partial charge < -0.3 is 16.0 Å². The second kappa shape index (κ2) is 5.50. The summed E-state index contributed by atoms with van der Waals surface area (Å²) in [4.78, 5) is 23.0. The molecule has 1 aromatic rings. The number of nitrogens with zero attached hydrogens (tertiary/aromatic N) is 3. The molecule has 0 saturated carbocycles. The summed E-state index contributed by atoms with van der Waals surface area (Å²) in [5.74, 6) is 2.57. The molecule has 0 bridgehead atoms. The number of aromatic nitrogens is 2. The first-order valence-corrected chi connectivity index (χ1v) is 7.39. The van der Waals surface area contributed by atoms with Gasteiger partial charge in [0, 0.05) is 31.6 Å². The van der Waals surface area contributed by atoms with Gasteiger partial charge in [-0.3, -0.25) is 4.79 Å². The number of nitrogens with two attached hydrogens (primary N) is 1. The average Bonchev–Trinajstić information content (AvgIpc) is 2.82. The highest BCUT2D eigenvalue weighted by atomic mass is 16.1. The fraction of sp³-hybridized carbons (Fsp3) is 0.667. The Morgan fingerprint density at radius 1 is 1.43 bits per heavy atom. The van der Waals surface area contributed by atoms with Gasteiger partial charge in [-0.25, -0.2) is 9.97 Å². The third kappa shape index (κ3) is 2.80. The van der Waals surface area contributed by atoms with Crippen LogP contribution in [0.1, 0.15) is 44.5 Å². The van der Waals surface area contributed by atoms with Gasteiger partial charge in [0.25, 0.3) is 0 Å². The highest BCUT2D eigenvalue weighted by Gasteiger charge is 2.40. The number of nitrogens with one attached hydrogen (secondary N) is 1. The van der Waals surface area contributed by atoms with Gasteiger partial charge in [-0.2, -0.15) is 0 Å². The number of hydrogen-bond acceptors (Lipinski definition) is 5. The van der Waals surface area contributed by atoms with E-state index in [2.05, 4.69) is 29.0 Å². The lowest BCUT2D eigenvalue weighted by atomic mass is 9.89. The molecule has 116 valence electrons. The van der Waals surface area contributed by atoms with Crippen LogP contribution in [0.15, 0.2) is 0 Å². The van der Waals surface area contributed by atoms with Crippen molar-refractivity contribution in [3.8, 4) is 0 Å². The van der Waals surface area contributed by atoms with Crippen LogP contribution in [0.25, 0.3) is 0 Å². The maximum atomic E-state index is 11.6. The number of carbonyl (C=O) groups is 1. The zero-order valence-electron chi connectivity index (χ0n) is 13.5. The van der Waals surface area contributed by atoms with Gasteiger partial charge in [0.1, 0.15) is 17.5 Å². The summed E-state index contributed by atoms with van der Waals surface area (Å²) in [6.07, 6.45) is 0.762. The molecular weight excluding hydrogens is 266 g/mol. The molecule has 1 aliphatic heterocycles. The standard InChI is InChI=1S/C15H25N5O/c1-9(2)11-18-12(17-5)10(3)13(19-11)20-7-6-15(4,8-20)14(16)21/h9H,6-8H2,1-5H3,(H2,16,21)(H,17,18,19). The molecule has 6 nitrogen and oxygen atoms in total. The van der Waals surface area contributed by atoms with Crippen LogP contribution >= 0.6 is 0 Å². The second-order valence-corrected chi connectivity index (χ2v) is 6.38. The molecule has 1 amide bonds. The van der Waals surface area contributed by atoms with E-state index in [1.54, 1.807) is 0 Å². The molecule has 1 unspecified atom stereocenters. The molecule has 6 heteroatoms. The van der Waals surface area contributed by atoms with Gasteiger partial charge in [0.05, 0.1) is 5.41 Å². The number of rotatable bonds is 4. The van der Waals surface area contributed by atoms with Crippen molar-refractivity contribution < 1.29 is 4.79 Å². The van der Waals surface area contributed by atoms with Crippen LogP contribution in [0, 0.1) is 12.3 Å². The van der Waals surface area contributed by atoms with E-state index in [1.807, 2.05) is 20.9 Å². The Balaban J connectivity index is 2.40. The fourth-order valence-corrected chi connectivity index (χ4v) is 2.67. The molecule has 1 aromatic heterocycles. The lowest BCUT2D eigenvalue weighted by Gasteiger charge is -2.24. The van der Waals surface area contributed by atoms with Crippen LogP contribution in [-0.2, 0) is 4.79 Å². The smallest absolute Gasteiger partial charge is 0.225 e. The van der Waals surface area contributed by atoms with Crippen molar-refractivity contribution in [3.05, 3.63) is 11.4 Å². The van der Waals surface area contributed by atoms with E-state index < -0.39 is 5.41 Å². The molecule has 0 radical (unpaired) electrons. The Bertz CT molecular complexity index is 557. The highest BCUT2D eigenvalue weighted by molar-refractivity contribution is 5.82. The summed E-state index contributed by atoms with van der Waals surface area (Å²) in [5, 5.41) is 3.13. The zero-order valence-corrected chi connectivity index (χ0v) is 13.5. The summed E-state index contributed by atoms with van der Waals surface area (Å²) in [6, 6.07) is 0. The van der Waals surface area contributed by atoms with Crippen LogP contribution in [0.4, 0.5) is 11.6 Å². The summed E-state index contributed by atoms with van der Waals surface area (Å²) in [5.41, 5.74) is 6.07. The van der Waals surface area contributed by atoms with E-state index in [1.165, 1.54) is 0 Å². The molecule has 0 aliphatic carbocycles. The largest absolute Gasteiger partial charge is 0.373 e. The maximum absolute atomic E-state index is 11.6. The maximum Gasteiger partial charge on any atom is 0.225 e. The summed E-state index contributed by atoms with van der Waals surface area (Å²) >= 11 is 0. The Morgan fingerprint density at radius 2 is 2.10 bits per heavy atom. The molecule has 2 heterocycles. The predicted molar refractivity (Wildman–Crippen MR) is 84.5 cm³/mol. The van der Waals surface area contributed by atoms with Gasteiger partial charge >= 0.3 is 0 Å². The van der Waals surface area contributed by atoms with E-state index in [0.717, 1.165) is 36.0 Å². The second-order valence-electron chi connectivity index (χ2n) is 6.38. The van der Waals surface area contributed by atoms with Gasteiger partial charge in [-0.05, 0) is 20.3 Å². The molecular formula is C15H25N5O. The third-order valence-corrected chi connectivity index (χ3v) is 4.26. The lowest BCUT2D eigenvalue weighted by molar-refractivity contribution is -0.125. The summed E-state index contributed by atoms with van der Waals surface area (Å²) in [7, 11) is 1.86.